The number of primary amides is 1. The zero-order valence-corrected chi connectivity index (χ0v) is 11.1. The number of nitrogens with one attached hydrogen (secondary N) is 1. The van der Waals surface area contributed by atoms with Gasteiger partial charge in [0.05, 0.1) is 10.6 Å². The Kier molecular flexibility index (Phi) is 4.22. The van der Waals surface area contributed by atoms with E-state index in [0.29, 0.717) is 5.69 Å². The number of halogens is 1. The summed E-state index contributed by atoms with van der Waals surface area (Å²) < 4.78 is 0. The summed E-state index contributed by atoms with van der Waals surface area (Å²) >= 11 is 5.85. The van der Waals surface area contributed by atoms with Gasteiger partial charge in [0, 0.05) is 11.6 Å². The normalized spacial score (nSPS) is 18.1. The van der Waals surface area contributed by atoms with Crippen LogP contribution in [0.25, 0.3) is 0 Å². The lowest BCUT2D eigenvalue weighted by atomic mass is 9.93. The van der Waals surface area contributed by atoms with Crippen LogP contribution >= 0.6 is 11.6 Å². The Hall–Kier alpha value is -1.81. The van der Waals surface area contributed by atoms with Crippen molar-refractivity contribution in [1.29, 1.82) is 0 Å². The second kappa shape index (κ2) is 5.89. The summed E-state index contributed by atoms with van der Waals surface area (Å²) in [6.07, 6.45) is 6.62. The van der Waals surface area contributed by atoms with Crippen LogP contribution in [0.1, 0.15) is 29.6 Å². The highest BCUT2D eigenvalue weighted by atomic mass is 35.5. The van der Waals surface area contributed by atoms with Crippen LogP contribution in [-0.2, 0) is 4.79 Å². The third kappa shape index (κ3) is 3.35. The van der Waals surface area contributed by atoms with Gasteiger partial charge in [0.2, 0.25) is 11.8 Å². The average Bonchev–Trinajstić information content (AvgIpc) is 2.41. The monoisotopic (exact) mass is 278 g/mol. The van der Waals surface area contributed by atoms with Crippen LogP contribution in [0.5, 0.6) is 0 Å². The smallest absolute Gasteiger partial charge is 0.250 e. The summed E-state index contributed by atoms with van der Waals surface area (Å²) in [5.41, 5.74) is 5.96. The lowest BCUT2D eigenvalue weighted by molar-refractivity contribution is -0.120. The first-order valence-corrected chi connectivity index (χ1v) is 6.51. The van der Waals surface area contributed by atoms with E-state index < -0.39 is 5.91 Å². The minimum Gasteiger partial charge on any atom is -0.366 e. The van der Waals surface area contributed by atoms with Crippen molar-refractivity contribution in [2.45, 2.75) is 19.3 Å². The molecule has 0 spiro atoms. The number of carbonyl (C=O) groups excluding carboxylic acids is 2. The molecule has 2 amide bonds. The molecule has 1 aromatic carbocycles. The first-order chi connectivity index (χ1) is 9.08. The largest absolute Gasteiger partial charge is 0.366 e. The van der Waals surface area contributed by atoms with Gasteiger partial charge >= 0.3 is 0 Å². The van der Waals surface area contributed by atoms with Gasteiger partial charge in [-0.15, -0.1) is 0 Å². The van der Waals surface area contributed by atoms with Gasteiger partial charge in [0.1, 0.15) is 0 Å². The summed E-state index contributed by atoms with van der Waals surface area (Å²) in [6.45, 7) is 0. The van der Waals surface area contributed by atoms with E-state index in [1.165, 1.54) is 6.07 Å². The molecular formula is C14H15ClN2O2. The van der Waals surface area contributed by atoms with Crippen LogP contribution in [0.15, 0.2) is 30.4 Å². The van der Waals surface area contributed by atoms with Crippen molar-refractivity contribution in [3.8, 4) is 0 Å². The van der Waals surface area contributed by atoms with Crippen LogP contribution in [0.2, 0.25) is 5.02 Å². The molecule has 0 aliphatic heterocycles. The molecule has 0 aromatic heterocycles. The van der Waals surface area contributed by atoms with Crippen LogP contribution in [0.4, 0.5) is 5.69 Å². The number of nitrogens with two attached hydrogens (primary N) is 1. The second-order valence-electron chi connectivity index (χ2n) is 4.53. The van der Waals surface area contributed by atoms with Crippen LogP contribution in [0.3, 0.4) is 0 Å². The molecule has 0 bridgehead atoms. The molecular weight excluding hydrogens is 264 g/mol. The van der Waals surface area contributed by atoms with Gasteiger partial charge in [0.25, 0.3) is 0 Å². The number of carbonyl (C=O) groups is 2. The van der Waals surface area contributed by atoms with Crippen LogP contribution in [-0.4, -0.2) is 11.8 Å². The summed E-state index contributed by atoms with van der Waals surface area (Å²) in [5.74, 6) is -0.665. The van der Waals surface area contributed by atoms with E-state index in [9.17, 15) is 9.59 Å². The third-order valence-corrected chi connectivity index (χ3v) is 3.47. The molecule has 4 nitrogen and oxygen atoms in total. The van der Waals surface area contributed by atoms with Crippen molar-refractivity contribution in [3.63, 3.8) is 0 Å². The van der Waals surface area contributed by atoms with E-state index >= 15 is 0 Å². The molecule has 0 saturated carbocycles. The van der Waals surface area contributed by atoms with Crippen LogP contribution < -0.4 is 11.1 Å². The number of allylic oxidation sites excluding steroid dienone is 2. The van der Waals surface area contributed by atoms with E-state index in [-0.39, 0.29) is 22.4 Å². The molecule has 0 fully saturated rings. The first kappa shape index (κ1) is 13.6. The Balaban J connectivity index is 2.10. The Bertz CT molecular complexity index is 540. The summed E-state index contributed by atoms with van der Waals surface area (Å²) in [4.78, 5) is 23.2. The van der Waals surface area contributed by atoms with E-state index in [4.69, 9.17) is 17.3 Å². The molecule has 1 atom stereocenters. The fourth-order valence-corrected chi connectivity index (χ4v) is 2.28. The molecule has 100 valence electrons. The van der Waals surface area contributed by atoms with E-state index in [1.54, 1.807) is 12.1 Å². The summed E-state index contributed by atoms with van der Waals surface area (Å²) in [6, 6.07) is 4.71. The Morgan fingerprint density at radius 3 is 2.74 bits per heavy atom. The topological polar surface area (TPSA) is 72.2 Å². The highest BCUT2D eigenvalue weighted by molar-refractivity contribution is 6.34. The third-order valence-electron chi connectivity index (χ3n) is 3.14. The molecule has 1 aliphatic carbocycles. The zero-order chi connectivity index (χ0) is 13.8. The molecule has 1 aromatic rings. The minimum atomic E-state index is -0.610. The van der Waals surface area contributed by atoms with Crippen molar-refractivity contribution in [2.24, 2.45) is 11.7 Å². The molecule has 0 saturated heterocycles. The highest BCUT2D eigenvalue weighted by Crippen LogP contribution is 2.23. The fraction of sp³-hybridized carbons (Fsp3) is 0.286. The quantitative estimate of drug-likeness (QED) is 0.835. The summed E-state index contributed by atoms with van der Waals surface area (Å²) in [7, 11) is 0. The van der Waals surface area contributed by atoms with Gasteiger partial charge in [-0.3, -0.25) is 9.59 Å². The molecule has 0 heterocycles. The van der Waals surface area contributed by atoms with Crippen molar-refractivity contribution in [3.05, 3.63) is 40.9 Å². The lowest BCUT2D eigenvalue weighted by Gasteiger charge is -2.17. The Labute approximate surface area is 116 Å². The van der Waals surface area contributed by atoms with Crippen molar-refractivity contribution in [2.75, 3.05) is 5.32 Å². The van der Waals surface area contributed by atoms with Gasteiger partial charge in [-0.25, -0.2) is 0 Å². The van der Waals surface area contributed by atoms with E-state index in [0.717, 1.165) is 19.3 Å². The molecule has 0 radical (unpaired) electrons. The number of amides is 2. The van der Waals surface area contributed by atoms with E-state index in [2.05, 4.69) is 11.4 Å². The summed E-state index contributed by atoms with van der Waals surface area (Å²) in [5, 5.41) is 3.08. The van der Waals surface area contributed by atoms with E-state index in [1.807, 2.05) is 6.08 Å². The second-order valence-corrected chi connectivity index (χ2v) is 4.94. The fourth-order valence-electron chi connectivity index (χ4n) is 2.07. The number of hydrogen-bond donors (Lipinski definition) is 2. The number of rotatable bonds is 3. The van der Waals surface area contributed by atoms with Crippen LogP contribution in [0, 0.1) is 5.92 Å². The number of anilines is 1. The molecule has 0 unspecified atom stereocenters. The van der Waals surface area contributed by atoms with Gasteiger partial charge < -0.3 is 11.1 Å². The van der Waals surface area contributed by atoms with Gasteiger partial charge in [-0.1, -0.05) is 23.8 Å². The lowest BCUT2D eigenvalue weighted by Crippen LogP contribution is -2.23. The van der Waals surface area contributed by atoms with Gasteiger partial charge in [-0.2, -0.15) is 0 Å². The minimum absolute atomic E-state index is 0.0160. The molecule has 2 rings (SSSR count). The molecule has 5 heteroatoms. The predicted octanol–water partition coefficient (Wildman–Crippen LogP) is 2.73. The maximum atomic E-state index is 12.0. The SMILES string of the molecule is NC(=O)c1cc(NC(=O)[C@H]2CC=CCC2)ccc1Cl. The molecule has 3 N–H and O–H groups in total. The maximum absolute atomic E-state index is 12.0. The van der Waals surface area contributed by atoms with Gasteiger partial charge in [0.15, 0.2) is 0 Å². The Morgan fingerprint density at radius 2 is 2.11 bits per heavy atom. The first-order valence-electron chi connectivity index (χ1n) is 6.13. The predicted molar refractivity (Wildman–Crippen MR) is 75.1 cm³/mol. The molecule has 1 aliphatic rings. The van der Waals surface area contributed by atoms with Crippen molar-refractivity contribution < 1.29 is 9.59 Å². The Morgan fingerprint density at radius 1 is 1.32 bits per heavy atom. The van der Waals surface area contributed by atoms with Crippen molar-refractivity contribution in [1.82, 2.24) is 0 Å². The van der Waals surface area contributed by atoms with Crippen molar-refractivity contribution >= 4 is 29.1 Å². The molecule has 19 heavy (non-hydrogen) atoms. The van der Waals surface area contributed by atoms with Gasteiger partial charge in [-0.05, 0) is 37.5 Å². The number of benzene rings is 1. The standard InChI is InChI=1S/C14H15ClN2O2/c15-12-7-6-10(8-11(12)13(16)18)17-14(19)9-4-2-1-3-5-9/h1-2,6-9H,3-5H2,(H2,16,18)(H,17,19)/t9-/m0/s1. The zero-order valence-electron chi connectivity index (χ0n) is 10.4. The average molecular weight is 279 g/mol. The number of hydrogen-bond acceptors (Lipinski definition) is 2. The maximum Gasteiger partial charge on any atom is 0.250 e. The highest BCUT2D eigenvalue weighted by Gasteiger charge is 2.19.